The lowest BCUT2D eigenvalue weighted by Gasteiger charge is -2.16. The van der Waals surface area contributed by atoms with E-state index >= 15 is 0 Å². The SMILES string of the molecule is O=C(Nc1ccc(SC(C(=O)Nc2nc(-c3ccc4ccccc4c3)cs2)c2ccccc2)cc1)c1cccs1. The summed E-state index contributed by atoms with van der Waals surface area (Å²) in [5.41, 5.74) is 3.43. The molecule has 0 aliphatic heterocycles. The number of thioether (sulfide) groups is 1. The minimum absolute atomic E-state index is 0.136. The fourth-order valence-electron chi connectivity index (χ4n) is 4.24. The summed E-state index contributed by atoms with van der Waals surface area (Å²) in [7, 11) is 0. The molecule has 40 heavy (non-hydrogen) atoms. The highest BCUT2D eigenvalue weighted by Gasteiger charge is 2.23. The Morgan fingerprint density at radius 2 is 1.52 bits per heavy atom. The summed E-state index contributed by atoms with van der Waals surface area (Å²) in [5.74, 6) is -0.283. The maximum absolute atomic E-state index is 13.6. The van der Waals surface area contributed by atoms with Crippen LogP contribution in [-0.2, 0) is 4.79 Å². The maximum Gasteiger partial charge on any atom is 0.265 e. The predicted molar refractivity (Wildman–Crippen MR) is 167 cm³/mol. The van der Waals surface area contributed by atoms with Crippen LogP contribution in [0.1, 0.15) is 20.5 Å². The largest absolute Gasteiger partial charge is 0.321 e. The molecule has 196 valence electrons. The lowest BCUT2D eigenvalue weighted by molar-refractivity contribution is -0.115. The number of fused-ring (bicyclic) bond motifs is 1. The van der Waals surface area contributed by atoms with Crippen LogP contribution in [0, 0.1) is 0 Å². The number of thiophene rings is 1. The zero-order valence-electron chi connectivity index (χ0n) is 21.1. The quantitative estimate of drug-likeness (QED) is 0.177. The van der Waals surface area contributed by atoms with Crippen LogP contribution >= 0.6 is 34.4 Å². The van der Waals surface area contributed by atoms with Gasteiger partial charge >= 0.3 is 0 Å². The minimum atomic E-state index is -0.485. The number of hydrogen-bond donors (Lipinski definition) is 2. The van der Waals surface area contributed by atoms with Gasteiger partial charge in [-0.2, -0.15) is 0 Å². The maximum atomic E-state index is 13.6. The molecule has 0 saturated carbocycles. The average Bonchev–Trinajstić information content (AvgIpc) is 3.70. The number of aromatic nitrogens is 1. The number of carbonyl (C=O) groups excluding carboxylic acids is 2. The van der Waals surface area contributed by atoms with Gasteiger partial charge in [0, 0.05) is 21.5 Å². The molecule has 0 bridgehead atoms. The lowest BCUT2D eigenvalue weighted by Crippen LogP contribution is -2.19. The Hall–Kier alpha value is -4.24. The van der Waals surface area contributed by atoms with E-state index in [1.54, 1.807) is 6.07 Å². The molecular formula is C32H23N3O2S3. The summed E-state index contributed by atoms with van der Waals surface area (Å²) in [6.07, 6.45) is 0. The van der Waals surface area contributed by atoms with Crippen molar-refractivity contribution in [2.24, 2.45) is 0 Å². The molecule has 0 aliphatic rings. The minimum Gasteiger partial charge on any atom is -0.321 e. The number of hydrogen-bond acceptors (Lipinski definition) is 6. The van der Waals surface area contributed by atoms with E-state index in [4.69, 9.17) is 4.98 Å². The fraction of sp³-hybridized carbons (Fsp3) is 0.0312. The summed E-state index contributed by atoms with van der Waals surface area (Å²) in [6.45, 7) is 0. The van der Waals surface area contributed by atoms with Crippen molar-refractivity contribution in [3.8, 4) is 11.3 Å². The molecule has 2 amide bonds. The number of nitrogens with one attached hydrogen (secondary N) is 2. The number of nitrogens with zero attached hydrogens (tertiary/aromatic N) is 1. The Kier molecular flexibility index (Phi) is 7.72. The molecule has 5 nitrogen and oxygen atoms in total. The third kappa shape index (κ3) is 5.99. The summed E-state index contributed by atoms with van der Waals surface area (Å²) in [4.78, 5) is 32.2. The third-order valence-electron chi connectivity index (χ3n) is 6.23. The van der Waals surface area contributed by atoms with Gasteiger partial charge < -0.3 is 10.6 Å². The molecule has 2 heterocycles. The molecular weight excluding hydrogens is 555 g/mol. The molecule has 0 radical (unpaired) electrons. The Morgan fingerprint density at radius 1 is 0.750 bits per heavy atom. The smallest absolute Gasteiger partial charge is 0.265 e. The van der Waals surface area contributed by atoms with Crippen molar-refractivity contribution in [1.82, 2.24) is 4.98 Å². The normalized spacial score (nSPS) is 11.7. The van der Waals surface area contributed by atoms with Crippen molar-refractivity contribution in [1.29, 1.82) is 0 Å². The summed E-state index contributed by atoms with van der Waals surface area (Å²) in [6, 6.07) is 35.4. The molecule has 1 atom stereocenters. The lowest BCUT2D eigenvalue weighted by atomic mass is 10.1. The molecule has 8 heteroatoms. The van der Waals surface area contributed by atoms with Crippen molar-refractivity contribution >= 4 is 67.8 Å². The first kappa shape index (κ1) is 26.0. The number of carbonyl (C=O) groups is 2. The summed E-state index contributed by atoms with van der Waals surface area (Å²) >= 11 is 4.26. The average molecular weight is 578 g/mol. The van der Waals surface area contributed by atoms with Crippen LogP contribution in [0.25, 0.3) is 22.0 Å². The number of anilines is 2. The second kappa shape index (κ2) is 11.9. The number of rotatable bonds is 8. The Labute approximate surface area is 243 Å². The van der Waals surface area contributed by atoms with Crippen molar-refractivity contribution in [3.63, 3.8) is 0 Å². The van der Waals surface area contributed by atoms with Gasteiger partial charge in [-0.15, -0.1) is 34.4 Å². The zero-order chi connectivity index (χ0) is 27.3. The Bertz CT molecular complexity index is 1760. The monoisotopic (exact) mass is 577 g/mol. The van der Waals surface area contributed by atoms with Gasteiger partial charge in [-0.3, -0.25) is 9.59 Å². The van der Waals surface area contributed by atoms with Gasteiger partial charge in [0.2, 0.25) is 5.91 Å². The van der Waals surface area contributed by atoms with Gasteiger partial charge in [0.15, 0.2) is 5.13 Å². The highest BCUT2D eigenvalue weighted by Crippen LogP contribution is 2.37. The van der Waals surface area contributed by atoms with E-state index in [1.807, 2.05) is 83.6 Å². The van der Waals surface area contributed by atoms with Crippen LogP contribution in [0.3, 0.4) is 0 Å². The van der Waals surface area contributed by atoms with Crippen LogP contribution < -0.4 is 10.6 Å². The zero-order valence-corrected chi connectivity index (χ0v) is 23.6. The second-order valence-corrected chi connectivity index (χ2v) is 11.9. The van der Waals surface area contributed by atoms with E-state index < -0.39 is 5.25 Å². The van der Waals surface area contributed by atoms with E-state index in [0.29, 0.717) is 15.7 Å². The van der Waals surface area contributed by atoms with Crippen LogP contribution in [0.2, 0.25) is 0 Å². The first-order valence-electron chi connectivity index (χ1n) is 12.5. The van der Waals surface area contributed by atoms with Gasteiger partial charge in [-0.25, -0.2) is 4.98 Å². The standard InChI is InChI=1S/C32H23N3O2S3/c36-30(28-11-6-18-38-28)33-25-14-16-26(17-15-25)40-29(22-8-2-1-3-9-22)31(37)35-32-34-27(20-39-32)24-13-12-21-7-4-5-10-23(21)19-24/h1-20,29H,(H,33,36)(H,34,35,37). The first-order chi connectivity index (χ1) is 19.6. The van der Waals surface area contributed by atoms with Crippen LogP contribution in [0.4, 0.5) is 10.8 Å². The molecule has 2 N–H and O–H groups in total. The van der Waals surface area contributed by atoms with Gasteiger partial charge in [-0.1, -0.05) is 72.8 Å². The highest BCUT2D eigenvalue weighted by molar-refractivity contribution is 8.00. The first-order valence-corrected chi connectivity index (χ1v) is 15.2. The van der Waals surface area contributed by atoms with Crippen LogP contribution in [0.15, 0.2) is 125 Å². The van der Waals surface area contributed by atoms with Gasteiger partial charge in [0.1, 0.15) is 5.25 Å². The number of benzene rings is 4. The van der Waals surface area contributed by atoms with Crippen molar-refractivity contribution in [3.05, 3.63) is 130 Å². The van der Waals surface area contributed by atoms with Crippen molar-refractivity contribution in [2.45, 2.75) is 10.1 Å². The topological polar surface area (TPSA) is 71.1 Å². The Morgan fingerprint density at radius 3 is 2.30 bits per heavy atom. The fourth-order valence-corrected chi connectivity index (χ4v) is 6.60. The molecule has 0 spiro atoms. The van der Waals surface area contributed by atoms with E-state index in [-0.39, 0.29) is 11.8 Å². The molecule has 6 aromatic rings. The van der Waals surface area contributed by atoms with Gasteiger partial charge in [-0.05, 0) is 58.1 Å². The summed E-state index contributed by atoms with van der Waals surface area (Å²) in [5, 5.41) is 12.2. The molecule has 0 fully saturated rings. The number of thiazole rings is 1. The van der Waals surface area contributed by atoms with Crippen LogP contribution in [0.5, 0.6) is 0 Å². The molecule has 2 aromatic heterocycles. The molecule has 0 saturated heterocycles. The van der Waals surface area contributed by atoms with Gasteiger partial charge in [0.05, 0.1) is 10.6 Å². The van der Waals surface area contributed by atoms with Crippen molar-refractivity contribution < 1.29 is 9.59 Å². The highest BCUT2D eigenvalue weighted by atomic mass is 32.2. The van der Waals surface area contributed by atoms with E-state index in [9.17, 15) is 9.59 Å². The molecule has 6 rings (SSSR count). The molecule has 1 unspecified atom stereocenters. The van der Waals surface area contributed by atoms with E-state index in [2.05, 4.69) is 41.0 Å². The van der Waals surface area contributed by atoms with Gasteiger partial charge in [0.25, 0.3) is 5.91 Å². The molecule has 4 aromatic carbocycles. The summed E-state index contributed by atoms with van der Waals surface area (Å²) < 4.78 is 0. The van der Waals surface area contributed by atoms with Crippen LogP contribution in [-0.4, -0.2) is 16.8 Å². The third-order valence-corrected chi connectivity index (χ3v) is 9.12. The predicted octanol–water partition coefficient (Wildman–Crippen LogP) is 8.75. The Balaban J connectivity index is 1.18. The second-order valence-electron chi connectivity index (χ2n) is 8.95. The van der Waals surface area contributed by atoms with Crippen molar-refractivity contribution in [2.75, 3.05) is 10.6 Å². The van der Waals surface area contributed by atoms with E-state index in [1.165, 1.54) is 39.8 Å². The van der Waals surface area contributed by atoms with E-state index in [0.717, 1.165) is 27.1 Å². The number of amides is 2. The molecule has 0 aliphatic carbocycles.